The lowest BCUT2D eigenvalue weighted by atomic mass is 10.0. The first kappa shape index (κ1) is 33.8. The molecular weight excluding hydrogens is 633 g/mol. The normalized spacial score (nSPS) is 11.8. The molecule has 0 aliphatic rings. The zero-order chi connectivity index (χ0) is 32.6. The van der Waals surface area contributed by atoms with Crippen molar-refractivity contribution >= 4 is 50.7 Å². The van der Waals surface area contributed by atoms with Crippen LogP contribution in [-0.4, -0.2) is 51.4 Å². The van der Waals surface area contributed by atoms with Crippen LogP contribution < -0.4 is 14.4 Å². The van der Waals surface area contributed by atoms with Crippen molar-refractivity contribution in [2.75, 3.05) is 24.5 Å². The van der Waals surface area contributed by atoms with Gasteiger partial charge in [-0.1, -0.05) is 77.3 Å². The number of rotatable bonds is 13. The van der Waals surface area contributed by atoms with Gasteiger partial charge in [0.15, 0.2) is 0 Å². The van der Waals surface area contributed by atoms with E-state index in [0.717, 1.165) is 15.4 Å². The molecule has 45 heavy (non-hydrogen) atoms. The van der Waals surface area contributed by atoms with Gasteiger partial charge < -0.3 is 15.0 Å². The summed E-state index contributed by atoms with van der Waals surface area (Å²) in [5, 5.41) is 3.28. The third-order valence-corrected chi connectivity index (χ3v) is 9.73. The monoisotopic (exact) mass is 667 g/mol. The SMILES string of the molecule is CCOc1ccc(N(CC(=O)N(Cc2c(Cl)cccc2Cl)[C@H](Cc2ccccc2)C(=O)NC)S(=O)(=O)c2ccc(C)cc2)cc1. The molecule has 0 aliphatic carbocycles. The number of ether oxygens (including phenoxy) is 1. The summed E-state index contributed by atoms with van der Waals surface area (Å²) in [6.07, 6.45) is 0.169. The summed E-state index contributed by atoms with van der Waals surface area (Å²) in [5.41, 5.74) is 2.38. The van der Waals surface area contributed by atoms with E-state index in [1.165, 1.54) is 24.1 Å². The molecule has 236 valence electrons. The number of likely N-dealkylation sites (N-methyl/N-ethyl adjacent to an activating group) is 1. The van der Waals surface area contributed by atoms with Crippen LogP contribution in [0.15, 0.2) is 102 Å². The molecule has 1 N–H and O–H groups in total. The Balaban J connectivity index is 1.81. The van der Waals surface area contributed by atoms with Crippen LogP contribution >= 0.6 is 23.2 Å². The first-order valence-corrected chi connectivity index (χ1v) is 16.5. The molecule has 4 aromatic carbocycles. The van der Waals surface area contributed by atoms with E-state index in [1.54, 1.807) is 54.6 Å². The Bertz CT molecular complexity index is 1700. The Labute approximate surface area is 274 Å². The van der Waals surface area contributed by atoms with Gasteiger partial charge in [0, 0.05) is 35.6 Å². The van der Waals surface area contributed by atoms with E-state index in [-0.39, 0.29) is 23.5 Å². The molecule has 8 nitrogen and oxygen atoms in total. The van der Waals surface area contributed by atoms with Crippen LogP contribution in [0.5, 0.6) is 5.75 Å². The average Bonchev–Trinajstić information content (AvgIpc) is 3.03. The number of carbonyl (C=O) groups excluding carboxylic acids is 2. The molecule has 0 saturated heterocycles. The predicted octanol–water partition coefficient (Wildman–Crippen LogP) is 6.28. The zero-order valence-corrected chi connectivity index (χ0v) is 27.6. The second kappa shape index (κ2) is 15.3. The van der Waals surface area contributed by atoms with Gasteiger partial charge in [0.25, 0.3) is 10.0 Å². The van der Waals surface area contributed by atoms with Crippen LogP contribution in [0.4, 0.5) is 5.69 Å². The fourth-order valence-electron chi connectivity index (χ4n) is 4.82. The fraction of sp³-hybridized carbons (Fsp3) is 0.235. The van der Waals surface area contributed by atoms with Gasteiger partial charge in [-0.3, -0.25) is 13.9 Å². The maximum atomic E-state index is 14.4. The Morgan fingerprint density at radius 3 is 2.07 bits per heavy atom. The Kier molecular flexibility index (Phi) is 11.5. The van der Waals surface area contributed by atoms with Gasteiger partial charge >= 0.3 is 0 Å². The highest BCUT2D eigenvalue weighted by Gasteiger charge is 2.35. The van der Waals surface area contributed by atoms with Crippen molar-refractivity contribution in [1.29, 1.82) is 0 Å². The third-order valence-electron chi connectivity index (χ3n) is 7.23. The lowest BCUT2D eigenvalue weighted by Crippen LogP contribution is -2.53. The van der Waals surface area contributed by atoms with E-state index in [4.69, 9.17) is 27.9 Å². The molecule has 4 rings (SSSR count). The molecule has 1 atom stereocenters. The van der Waals surface area contributed by atoms with E-state index in [2.05, 4.69) is 5.32 Å². The molecule has 0 aliphatic heterocycles. The molecule has 0 radical (unpaired) electrons. The van der Waals surface area contributed by atoms with Crippen molar-refractivity contribution in [1.82, 2.24) is 10.2 Å². The Morgan fingerprint density at radius 1 is 0.867 bits per heavy atom. The molecule has 0 bridgehead atoms. The minimum atomic E-state index is -4.23. The minimum absolute atomic E-state index is 0.0163. The maximum absolute atomic E-state index is 14.4. The molecule has 4 aromatic rings. The number of sulfonamides is 1. The number of aryl methyl sites for hydroxylation is 1. The zero-order valence-electron chi connectivity index (χ0n) is 25.2. The summed E-state index contributed by atoms with van der Waals surface area (Å²) in [4.78, 5) is 29.2. The van der Waals surface area contributed by atoms with Crippen LogP contribution in [0.25, 0.3) is 0 Å². The van der Waals surface area contributed by atoms with Crippen LogP contribution in [-0.2, 0) is 32.6 Å². The van der Waals surface area contributed by atoms with Gasteiger partial charge in [0.2, 0.25) is 11.8 Å². The summed E-state index contributed by atoms with van der Waals surface area (Å²) in [6, 6.07) is 26.1. The molecule has 0 unspecified atom stereocenters. The van der Waals surface area contributed by atoms with Crippen LogP contribution in [0, 0.1) is 6.92 Å². The van der Waals surface area contributed by atoms with Crippen molar-refractivity contribution in [2.45, 2.75) is 37.8 Å². The molecular formula is C34H35Cl2N3O5S. The van der Waals surface area contributed by atoms with E-state index in [1.807, 2.05) is 44.2 Å². The largest absolute Gasteiger partial charge is 0.494 e. The minimum Gasteiger partial charge on any atom is -0.494 e. The van der Waals surface area contributed by atoms with Crippen LogP contribution in [0.1, 0.15) is 23.6 Å². The van der Waals surface area contributed by atoms with Gasteiger partial charge in [0.05, 0.1) is 17.2 Å². The van der Waals surface area contributed by atoms with Crippen molar-refractivity contribution in [3.8, 4) is 5.75 Å². The van der Waals surface area contributed by atoms with Crippen molar-refractivity contribution in [3.05, 3.63) is 124 Å². The van der Waals surface area contributed by atoms with E-state index < -0.39 is 34.4 Å². The number of nitrogens with one attached hydrogen (secondary N) is 1. The average molecular weight is 669 g/mol. The lowest BCUT2D eigenvalue weighted by molar-refractivity contribution is -0.139. The Morgan fingerprint density at radius 2 is 1.49 bits per heavy atom. The molecule has 0 aromatic heterocycles. The van der Waals surface area contributed by atoms with E-state index in [0.29, 0.717) is 28.0 Å². The second-order valence-electron chi connectivity index (χ2n) is 10.3. The number of halogens is 2. The summed E-state index contributed by atoms with van der Waals surface area (Å²) in [5.74, 6) is -0.498. The fourth-order valence-corrected chi connectivity index (χ4v) is 6.75. The van der Waals surface area contributed by atoms with Gasteiger partial charge in [-0.05, 0) is 67.9 Å². The summed E-state index contributed by atoms with van der Waals surface area (Å²) >= 11 is 13.0. The van der Waals surface area contributed by atoms with Gasteiger partial charge in [-0.25, -0.2) is 8.42 Å². The highest BCUT2D eigenvalue weighted by Crippen LogP contribution is 2.30. The van der Waals surface area contributed by atoms with Crippen molar-refractivity contribution in [2.24, 2.45) is 0 Å². The number of hydrogen-bond acceptors (Lipinski definition) is 5. The molecule has 0 saturated carbocycles. The van der Waals surface area contributed by atoms with Crippen molar-refractivity contribution in [3.63, 3.8) is 0 Å². The van der Waals surface area contributed by atoms with Crippen LogP contribution in [0.2, 0.25) is 10.0 Å². The molecule has 11 heteroatoms. The smallest absolute Gasteiger partial charge is 0.264 e. The molecule has 0 heterocycles. The number of carbonyl (C=O) groups is 2. The quantitative estimate of drug-likeness (QED) is 0.181. The number of anilines is 1. The van der Waals surface area contributed by atoms with Crippen LogP contribution in [0.3, 0.4) is 0 Å². The van der Waals surface area contributed by atoms with E-state index >= 15 is 0 Å². The third kappa shape index (κ3) is 8.36. The van der Waals surface area contributed by atoms with Gasteiger partial charge in [-0.15, -0.1) is 0 Å². The summed E-state index contributed by atoms with van der Waals surface area (Å²) in [7, 11) is -2.75. The molecule has 0 fully saturated rings. The van der Waals surface area contributed by atoms with E-state index in [9.17, 15) is 18.0 Å². The van der Waals surface area contributed by atoms with Crippen molar-refractivity contribution < 1.29 is 22.7 Å². The number of benzene rings is 4. The summed E-state index contributed by atoms with van der Waals surface area (Å²) < 4.78 is 34.9. The Hall–Kier alpha value is -4.05. The second-order valence-corrected chi connectivity index (χ2v) is 13.0. The standard InChI is InChI=1S/C34H35Cl2N3O5S/c1-4-44-27-17-15-26(16-18-27)39(45(42,43)28-19-13-24(2)14-20-28)23-33(40)38(22-29-30(35)11-8-12-31(29)36)32(34(41)37-3)21-25-9-6-5-7-10-25/h5-20,32H,4,21-23H2,1-3H3,(H,37,41)/t32-/m1/s1. The summed E-state index contributed by atoms with van der Waals surface area (Å²) in [6.45, 7) is 3.40. The first-order valence-electron chi connectivity index (χ1n) is 14.3. The molecule has 2 amide bonds. The maximum Gasteiger partial charge on any atom is 0.264 e. The lowest BCUT2D eigenvalue weighted by Gasteiger charge is -2.34. The van der Waals surface area contributed by atoms with Gasteiger partial charge in [-0.2, -0.15) is 0 Å². The predicted molar refractivity (Wildman–Crippen MR) is 178 cm³/mol. The highest BCUT2D eigenvalue weighted by molar-refractivity contribution is 7.92. The molecule has 0 spiro atoms. The van der Waals surface area contributed by atoms with Gasteiger partial charge in [0.1, 0.15) is 18.3 Å². The first-order chi connectivity index (χ1) is 21.5. The number of hydrogen-bond donors (Lipinski definition) is 1. The number of nitrogens with zero attached hydrogens (tertiary/aromatic N) is 2. The number of amides is 2. The highest BCUT2D eigenvalue weighted by atomic mass is 35.5. The topological polar surface area (TPSA) is 96.0 Å².